The molecule has 146 valence electrons. The SMILES string of the molecule is O=C(Nc1cccc(-n2cccn2)c1)[C@@H]1CCCN(CCCn2cnnn2)C1. The van der Waals surface area contributed by atoms with E-state index in [-0.39, 0.29) is 11.8 Å². The first-order valence-corrected chi connectivity index (χ1v) is 9.62. The average Bonchev–Trinajstić information content (AvgIpc) is 3.43. The van der Waals surface area contributed by atoms with Crippen molar-refractivity contribution in [3.05, 3.63) is 49.1 Å². The number of hydrogen-bond donors (Lipinski definition) is 1. The minimum absolute atomic E-state index is 0.00939. The number of aryl methyl sites for hydroxylation is 1. The Morgan fingerprint density at radius 3 is 3.04 bits per heavy atom. The molecule has 1 aliphatic rings. The Morgan fingerprint density at radius 1 is 1.25 bits per heavy atom. The van der Waals surface area contributed by atoms with Crippen LogP contribution in [0.2, 0.25) is 0 Å². The molecule has 1 amide bonds. The Kier molecular flexibility index (Phi) is 5.72. The number of carbonyl (C=O) groups excluding carboxylic acids is 1. The lowest BCUT2D eigenvalue weighted by atomic mass is 9.97. The zero-order valence-electron chi connectivity index (χ0n) is 15.7. The van der Waals surface area contributed by atoms with Gasteiger partial charge in [-0.25, -0.2) is 9.36 Å². The Bertz CT molecular complexity index is 877. The molecule has 1 saturated heterocycles. The maximum atomic E-state index is 12.8. The van der Waals surface area contributed by atoms with Crippen LogP contribution >= 0.6 is 0 Å². The fourth-order valence-corrected chi connectivity index (χ4v) is 3.60. The Hall–Kier alpha value is -3.07. The molecule has 0 aliphatic carbocycles. The molecule has 1 fully saturated rings. The number of piperidine rings is 1. The van der Waals surface area contributed by atoms with Gasteiger partial charge in [-0.3, -0.25) is 4.79 Å². The van der Waals surface area contributed by atoms with Crippen LogP contribution < -0.4 is 5.32 Å². The van der Waals surface area contributed by atoms with Crippen molar-refractivity contribution in [2.24, 2.45) is 5.92 Å². The number of hydrogen-bond acceptors (Lipinski definition) is 6. The first-order chi connectivity index (χ1) is 13.8. The third-order valence-corrected chi connectivity index (χ3v) is 5.01. The molecule has 1 N–H and O–H groups in total. The van der Waals surface area contributed by atoms with E-state index in [1.165, 1.54) is 0 Å². The molecule has 4 rings (SSSR count). The van der Waals surface area contributed by atoms with Gasteiger partial charge in [0.05, 0.1) is 11.6 Å². The van der Waals surface area contributed by atoms with Gasteiger partial charge in [-0.15, -0.1) is 5.10 Å². The summed E-state index contributed by atoms with van der Waals surface area (Å²) in [5.74, 6) is 0.0953. The number of benzene rings is 1. The van der Waals surface area contributed by atoms with Crippen molar-refractivity contribution in [2.45, 2.75) is 25.8 Å². The highest BCUT2D eigenvalue weighted by molar-refractivity contribution is 5.93. The van der Waals surface area contributed by atoms with Gasteiger partial charge in [-0.05, 0) is 67.0 Å². The highest BCUT2D eigenvalue weighted by Crippen LogP contribution is 2.20. The smallest absolute Gasteiger partial charge is 0.228 e. The summed E-state index contributed by atoms with van der Waals surface area (Å²) in [4.78, 5) is 15.1. The summed E-state index contributed by atoms with van der Waals surface area (Å²) in [6.45, 7) is 3.56. The van der Waals surface area contributed by atoms with Gasteiger partial charge in [0.15, 0.2) is 0 Å². The van der Waals surface area contributed by atoms with E-state index >= 15 is 0 Å². The fraction of sp³-hybridized carbons (Fsp3) is 0.421. The minimum Gasteiger partial charge on any atom is -0.326 e. The highest BCUT2D eigenvalue weighted by Gasteiger charge is 2.25. The lowest BCUT2D eigenvalue weighted by Gasteiger charge is -2.32. The van der Waals surface area contributed by atoms with Crippen molar-refractivity contribution < 1.29 is 4.79 Å². The van der Waals surface area contributed by atoms with Crippen LogP contribution in [0.15, 0.2) is 49.1 Å². The van der Waals surface area contributed by atoms with Crippen LogP contribution in [0.1, 0.15) is 19.3 Å². The topological polar surface area (TPSA) is 93.8 Å². The van der Waals surface area contributed by atoms with E-state index in [4.69, 9.17) is 0 Å². The maximum absolute atomic E-state index is 12.8. The molecule has 3 heterocycles. The van der Waals surface area contributed by atoms with Gasteiger partial charge in [0.25, 0.3) is 0 Å². The van der Waals surface area contributed by atoms with Gasteiger partial charge in [-0.1, -0.05) is 6.07 Å². The summed E-state index contributed by atoms with van der Waals surface area (Å²) in [6.07, 6.45) is 8.18. The van der Waals surface area contributed by atoms with Crippen LogP contribution in [-0.4, -0.2) is 60.4 Å². The monoisotopic (exact) mass is 380 g/mol. The lowest BCUT2D eigenvalue weighted by Crippen LogP contribution is -2.41. The zero-order chi connectivity index (χ0) is 19.2. The maximum Gasteiger partial charge on any atom is 0.228 e. The van der Waals surface area contributed by atoms with Crippen LogP contribution in [-0.2, 0) is 11.3 Å². The van der Waals surface area contributed by atoms with Gasteiger partial charge < -0.3 is 10.2 Å². The summed E-state index contributed by atoms with van der Waals surface area (Å²) < 4.78 is 3.52. The van der Waals surface area contributed by atoms with Crippen LogP contribution in [0.5, 0.6) is 0 Å². The molecular formula is C19H24N8O. The van der Waals surface area contributed by atoms with Crippen LogP contribution in [0.3, 0.4) is 0 Å². The Morgan fingerprint density at radius 2 is 2.21 bits per heavy atom. The van der Waals surface area contributed by atoms with Crippen molar-refractivity contribution in [1.82, 2.24) is 34.9 Å². The molecule has 9 heteroatoms. The number of aromatic nitrogens is 6. The third kappa shape index (κ3) is 4.61. The predicted octanol–water partition coefficient (Wildman–Crippen LogP) is 1.60. The van der Waals surface area contributed by atoms with Crippen molar-refractivity contribution in [1.29, 1.82) is 0 Å². The van der Waals surface area contributed by atoms with E-state index in [1.54, 1.807) is 21.9 Å². The molecule has 1 atom stereocenters. The Labute approximate surface area is 163 Å². The second-order valence-corrected chi connectivity index (χ2v) is 7.06. The molecule has 0 spiro atoms. The van der Waals surface area contributed by atoms with E-state index in [2.05, 4.69) is 30.8 Å². The van der Waals surface area contributed by atoms with Crippen LogP contribution in [0.4, 0.5) is 5.69 Å². The van der Waals surface area contributed by atoms with Gasteiger partial charge in [0.1, 0.15) is 6.33 Å². The number of anilines is 1. The van der Waals surface area contributed by atoms with Crippen molar-refractivity contribution >= 4 is 11.6 Å². The summed E-state index contributed by atoms with van der Waals surface area (Å²) in [5.41, 5.74) is 1.73. The van der Waals surface area contributed by atoms with Crippen molar-refractivity contribution in [3.63, 3.8) is 0 Å². The van der Waals surface area contributed by atoms with E-state index < -0.39 is 0 Å². The summed E-state index contributed by atoms with van der Waals surface area (Å²) in [5, 5.41) is 18.5. The quantitative estimate of drug-likeness (QED) is 0.669. The molecule has 0 saturated carbocycles. The third-order valence-electron chi connectivity index (χ3n) is 5.01. The highest BCUT2D eigenvalue weighted by atomic mass is 16.1. The van der Waals surface area contributed by atoms with E-state index in [0.717, 1.165) is 56.8 Å². The minimum atomic E-state index is 0.00939. The number of nitrogens with zero attached hydrogens (tertiary/aromatic N) is 7. The predicted molar refractivity (Wildman–Crippen MR) is 104 cm³/mol. The standard InChI is InChI=1S/C19H24N8O/c28-19(22-17-6-1-7-18(13-17)27-12-3-8-21-27)16-5-2-9-25(14-16)10-4-11-26-15-20-23-24-26/h1,3,6-8,12-13,15-16H,2,4-5,9-11,14H2,(H,22,28)/t16-/m1/s1. The van der Waals surface area contributed by atoms with Crippen molar-refractivity contribution in [3.8, 4) is 5.69 Å². The van der Waals surface area contributed by atoms with E-state index in [0.29, 0.717) is 0 Å². The molecule has 0 bridgehead atoms. The van der Waals surface area contributed by atoms with Crippen LogP contribution in [0, 0.1) is 5.92 Å². The van der Waals surface area contributed by atoms with Gasteiger partial charge in [0, 0.05) is 31.2 Å². The summed E-state index contributed by atoms with van der Waals surface area (Å²) in [6, 6.07) is 9.63. The molecule has 1 aromatic carbocycles. The normalized spacial score (nSPS) is 17.5. The number of nitrogens with one attached hydrogen (secondary N) is 1. The number of rotatable bonds is 7. The largest absolute Gasteiger partial charge is 0.326 e. The van der Waals surface area contributed by atoms with Gasteiger partial charge >= 0.3 is 0 Å². The second kappa shape index (κ2) is 8.75. The molecule has 2 aromatic heterocycles. The molecule has 9 nitrogen and oxygen atoms in total. The molecule has 0 radical (unpaired) electrons. The van der Waals surface area contributed by atoms with Gasteiger partial charge in [-0.2, -0.15) is 5.10 Å². The van der Waals surface area contributed by atoms with E-state index in [9.17, 15) is 4.79 Å². The zero-order valence-corrected chi connectivity index (χ0v) is 15.7. The molecule has 0 unspecified atom stereocenters. The first-order valence-electron chi connectivity index (χ1n) is 9.62. The second-order valence-electron chi connectivity index (χ2n) is 7.06. The molecular weight excluding hydrogens is 356 g/mol. The molecule has 3 aromatic rings. The first kappa shape index (κ1) is 18.3. The van der Waals surface area contributed by atoms with E-state index in [1.807, 2.05) is 36.5 Å². The molecule has 28 heavy (non-hydrogen) atoms. The van der Waals surface area contributed by atoms with Crippen LogP contribution in [0.25, 0.3) is 5.69 Å². The van der Waals surface area contributed by atoms with Crippen molar-refractivity contribution in [2.75, 3.05) is 25.0 Å². The fourth-order valence-electron chi connectivity index (χ4n) is 3.60. The van der Waals surface area contributed by atoms with Gasteiger partial charge in [0.2, 0.25) is 5.91 Å². The Balaban J connectivity index is 1.30. The lowest BCUT2D eigenvalue weighted by molar-refractivity contribution is -0.121. The number of amides is 1. The summed E-state index contributed by atoms with van der Waals surface area (Å²) in [7, 11) is 0. The molecule has 1 aliphatic heterocycles. The number of tetrazole rings is 1. The number of likely N-dealkylation sites (tertiary alicyclic amines) is 1. The number of carbonyl (C=O) groups is 1. The average molecular weight is 380 g/mol. The summed E-state index contributed by atoms with van der Waals surface area (Å²) >= 11 is 0.